The number of amides is 1. The third-order valence-corrected chi connectivity index (χ3v) is 5.13. The second-order valence-electron chi connectivity index (χ2n) is 6.44. The predicted molar refractivity (Wildman–Crippen MR) is 85.8 cm³/mol. The number of hydrogen-bond donors (Lipinski definition) is 2. The highest BCUT2D eigenvalue weighted by atomic mass is 35.5. The van der Waals surface area contributed by atoms with E-state index in [0.717, 1.165) is 19.4 Å². The fraction of sp³-hybridized carbons (Fsp3) is 0.588. The minimum atomic E-state index is 0.0181. The lowest BCUT2D eigenvalue weighted by Crippen LogP contribution is -2.57. The number of carbonyl (C=O) groups is 1. The second kappa shape index (κ2) is 6.37. The summed E-state index contributed by atoms with van der Waals surface area (Å²) in [7, 11) is 0. The molecule has 2 aliphatic rings. The molecular weight excluding hydrogens is 284 g/mol. The molecule has 0 radical (unpaired) electrons. The molecule has 0 bridgehead atoms. The lowest BCUT2D eigenvalue weighted by Gasteiger charge is -2.44. The number of benzene rings is 1. The van der Waals surface area contributed by atoms with Gasteiger partial charge in [-0.2, -0.15) is 0 Å². The Labute approximate surface area is 131 Å². The summed E-state index contributed by atoms with van der Waals surface area (Å²) in [6.45, 7) is 1.01. The van der Waals surface area contributed by atoms with Gasteiger partial charge in [0.05, 0.1) is 0 Å². The van der Waals surface area contributed by atoms with E-state index >= 15 is 0 Å². The molecule has 2 N–H and O–H groups in total. The largest absolute Gasteiger partial charge is 0.349 e. The highest BCUT2D eigenvalue weighted by Gasteiger charge is 2.37. The van der Waals surface area contributed by atoms with Gasteiger partial charge in [-0.1, -0.05) is 30.9 Å². The molecule has 1 atom stereocenters. The SMILES string of the molecule is O=C(NC1CCNC2(CCCCC2)C1)c1ccc(Cl)cc1. The van der Waals surface area contributed by atoms with Crippen LogP contribution < -0.4 is 10.6 Å². The molecule has 3 rings (SSSR count). The lowest BCUT2D eigenvalue weighted by molar-refractivity contribution is 0.0892. The molecule has 1 aromatic carbocycles. The number of nitrogens with one attached hydrogen (secondary N) is 2. The monoisotopic (exact) mass is 306 g/mol. The first-order valence-electron chi connectivity index (χ1n) is 7.98. The third-order valence-electron chi connectivity index (χ3n) is 4.88. The van der Waals surface area contributed by atoms with Crippen molar-refractivity contribution in [1.82, 2.24) is 10.6 Å². The van der Waals surface area contributed by atoms with Crippen molar-refractivity contribution in [1.29, 1.82) is 0 Å². The first-order chi connectivity index (χ1) is 10.2. The average Bonchev–Trinajstić information content (AvgIpc) is 2.49. The smallest absolute Gasteiger partial charge is 0.251 e. The van der Waals surface area contributed by atoms with E-state index in [1.165, 1.54) is 32.1 Å². The Balaban J connectivity index is 1.61. The highest BCUT2D eigenvalue weighted by molar-refractivity contribution is 6.30. The van der Waals surface area contributed by atoms with Gasteiger partial charge in [0.15, 0.2) is 0 Å². The van der Waals surface area contributed by atoms with E-state index in [-0.39, 0.29) is 17.5 Å². The summed E-state index contributed by atoms with van der Waals surface area (Å²) >= 11 is 5.87. The van der Waals surface area contributed by atoms with Gasteiger partial charge < -0.3 is 10.6 Å². The number of carbonyl (C=O) groups excluding carboxylic acids is 1. The first-order valence-corrected chi connectivity index (χ1v) is 8.36. The van der Waals surface area contributed by atoms with E-state index in [4.69, 9.17) is 11.6 Å². The van der Waals surface area contributed by atoms with E-state index in [2.05, 4.69) is 10.6 Å². The van der Waals surface area contributed by atoms with Crippen molar-refractivity contribution in [2.45, 2.75) is 56.5 Å². The second-order valence-corrected chi connectivity index (χ2v) is 6.87. The molecule has 1 aliphatic heterocycles. The van der Waals surface area contributed by atoms with Gasteiger partial charge in [0.2, 0.25) is 0 Å². The maximum Gasteiger partial charge on any atom is 0.251 e. The minimum absolute atomic E-state index is 0.0181. The van der Waals surface area contributed by atoms with Crippen molar-refractivity contribution >= 4 is 17.5 Å². The quantitative estimate of drug-likeness (QED) is 0.877. The van der Waals surface area contributed by atoms with Gasteiger partial charge in [-0.05, 0) is 56.5 Å². The van der Waals surface area contributed by atoms with Crippen LogP contribution in [0.3, 0.4) is 0 Å². The summed E-state index contributed by atoms with van der Waals surface area (Å²) in [4.78, 5) is 12.3. The van der Waals surface area contributed by atoms with Gasteiger partial charge in [-0.3, -0.25) is 4.79 Å². The summed E-state index contributed by atoms with van der Waals surface area (Å²) in [6.07, 6.45) is 8.55. The van der Waals surface area contributed by atoms with E-state index in [1.54, 1.807) is 24.3 Å². The Morgan fingerprint density at radius 2 is 1.90 bits per heavy atom. The molecule has 0 aromatic heterocycles. The number of rotatable bonds is 2. The van der Waals surface area contributed by atoms with Crippen molar-refractivity contribution in [2.75, 3.05) is 6.54 Å². The van der Waals surface area contributed by atoms with Crippen LogP contribution in [0.2, 0.25) is 5.02 Å². The van der Waals surface area contributed by atoms with E-state index in [0.29, 0.717) is 10.6 Å². The van der Waals surface area contributed by atoms with Crippen molar-refractivity contribution in [2.24, 2.45) is 0 Å². The maximum atomic E-state index is 12.3. The highest BCUT2D eigenvalue weighted by Crippen LogP contribution is 2.34. The summed E-state index contributed by atoms with van der Waals surface area (Å²) in [6, 6.07) is 7.39. The van der Waals surface area contributed by atoms with Crippen LogP contribution in [0.4, 0.5) is 0 Å². The molecule has 1 aromatic rings. The predicted octanol–water partition coefficient (Wildman–Crippen LogP) is 3.52. The van der Waals surface area contributed by atoms with E-state index in [1.807, 2.05) is 0 Å². The topological polar surface area (TPSA) is 41.1 Å². The lowest BCUT2D eigenvalue weighted by atomic mass is 9.75. The summed E-state index contributed by atoms with van der Waals surface area (Å²) in [5, 5.41) is 7.58. The van der Waals surface area contributed by atoms with Gasteiger partial charge >= 0.3 is 0 Å². The summed E-state index contributed by atoms with van der Waals surface area (Å²) in [5.41, 5.74) is 0.963. The van der Waals surface area contributed by atoms with Crippen LogP contribution in [0.5, 0.6) is 0 Å². The molecule has 1 unspecified atom stereocenters. The Morgan fingerprint density at radius 1 is 1.19 bits per heavy atom. The fourth-order valence-corrected chi connectivity index (χ4v) is 3.89. The zero-order valence-corrected chi connectivity index (χ0v) is 13.1. The number of hydrogen-bond acceptors (Lipinski definition) is 2. The fourth-order valence-electron chi connectivity index (χ4n) is 3.76. The molecule has 1 saturated heterocycles. The molecule has 1 heterocycles. The molecule has 21 heavy (non-hydrogen) atoms. The molecule has 2 fully saturated rings. The molecule has 114 valence electrons. The zero-order chi connectivity index (χ0) is 14.7. The van der Waals surface area contributed by atoms with Crippen LogP contribution in [0, 0.1) is 0 Å². The van der Waals surface area contributed by atoms with Crippen LogP contribution in [-0.4, -0.2) is 24.0 Å². The maximum absolute atomic E-state index is 12.3. The molecule has 1 spiro atoms. The van der Waals surface area contributed by atoms with E-state index < -0.39 is 0 Å². The Bertz CT molecular complexity index is 489. The van der Waals surface area contributed by atoms with Crippen LogP contribution in [-0.2, 0) is 0 Å². The van der Waals surface area contributed by atoms with Crippen molar-refractivity contribution in [3.8, 4) is 0 Å². The van der Waals surface area contributed by atoms with Crippen LogP contribution in [0.1, 0.15) is 55.3 Å². The third kappa shape index (κ3) is 3.58. The zero-order valence-electron chi connectivity index (χ0n) is 12.3. The molecule has 4 heteroatoms. The normalized spacial score (nSPS) is 24.7. The van der Waals surface area contributed by atoms with E-state index in [9.17, 15) is 4.79 Å². The van der Waals surface area contributed by atoms with Crippen molar-refractivity contribution < 1.29 is 4.79 Å². The molecule has 1 saturated carbocycles. The summed E-state index contributed by atoms with van der Waals surface area (Å²) in [5.74, 6) is 0.0181. The summed E-state index contributed by atoms with van der Waals surface area (Å²) < 4.78 is 0. The van der Waals surface area contributed by atoms with Crippen LogP contribution >= 0.6 is 11.6 Å². The molecular formula is C17H23ClN2O. The van der Waals surface area contributed by atoms with Gasteiger partial charge in [-0.15, -0.1) is 0 Å². The Morgan fingerprint density at radius 3 is 2.62 bits per heavy atom. The Kier molecular flexibility index (Phi) is 4.51. The molecule has 1 amide bonds. The first kappa shape index (κ1) is 14.9. The van der Waals surface area contributed by atoms with Crippen LogP contribution in [0.25, 0.3) is 0 Å². The average molecular weight is 307 g/mol. The molecule has 1 aliphatic carbocycles. The van der Waals surface area contributed by atoms with Gasteiger partial charge in [0.25, 0.3) is 5.91 Å². The number of piperidine rings is 1. The number of halogens is 1. The van der Waals surface area contributed by atoms with Crippen molar-refractivity contribution in [3.63, 3.8) is 0 Å². The van der Waals surface area contributed by atoms with Crippen molar-refractivity contribution in [3.05, 3.63) is 34.9 Å². The van der Waals surface area contributed by atoms with Crippen LogP contribution in [0.15, 0.2) is 24.3 Å². The van der Waals surface area contributed by atoms with Gasteiger partial charge in [0, 0.05) is 22.2 Å². The Hall–Kier alpha value is -1.06. The van der Waals surface area contributed by atoms with Gasteiger partial charge in [-0.25, -0.2) is 0 Å². The molecule has 3 nitrogen and oxygen atoms in total. The standard InChI is InChI=1S/C17H23ClN2O/c18-14-6-4-13(5-7-14)16(21)20-15-8-11-19-17(12-15)9-2-1-3-10-17/h4-7,15,19H,1-3,8-12H2,(H,20,21). The van der Waals surface area contributed by atoms with Gasteiger partial charge in [0.1, 0.15) is 0 Å². The minimum Gasteiger partial charge on any atom is -0.349 e.